The van der Waals surface area contributed by atoms with E-state index in [1.54, 1.807) is 4.90 Å². The predicted octanol–water partition coefficient (Wildman–Crippen LogP) is 5.57. The number of amides is 2. The van der Waals surface area contributed by atoms with E-state index < -0.39 is 0 Å². The van der Waals surface area contributed by atoms with Crippen LogP contribution in [0.15, 0.2) is 42.5 Å². The van der Waals surface area contributed by atoms with E-state index in [4.69, 9.17) is 16.3 Å². The van der Waals surface area contributed by atoms with Gasteiger partial charge in [-0.15, -0.1) is 0 Å². The van der Waals surface area contributed by atoms with Crippen LogP contribution in [-0.2, 0) is 6.54 Å². The third kappa shape index (κ3) is 5.72. The summed E-state index contributed by atoms with van der Waals surface area (Å²) in [5, 5.41) is 3.69. The van der Waals surface area contributed by atoms with Crippen LogP contribution in [0.3, 0.4) is 0 Å². The number of nitrogens with one attached hydrogen (secondary N) is 1. The van der Waals surface area contributed by atoms with Gasteiger partial charge >= 0.3 is 6.03 Å². The minimum absolute atomic E-state index is 0.0779. The number of aryl methyl sites for hydroxylation is 1. The van der Waals surface area contributed by atoms with Gasteiger partial charge in [0.2, 0.25) is 0 Å². The summed E-state index contributed by atoms with van der Waals surface area (Å²) in [5.74, 6) is 1.23. The third-order valence-corrected chi connectivity index (χ3v) is 6.73. The molecule has 166 valence electrons. The van der Waals surface area contributed by atoms with Crippen LogP contribution in [-0.4, -0.2) is 48.6 Å². The second-order valence-corrected chi connectivity index (χ2v) is 9.34. The molecular weight excluding hydrogens is 410 g/mol. The molecule has 0 bridgehead atoms. The van der Waals surface area contributed by atoms with Crippen LogP contribution in [0, 0.1) is 12.8 Å². The molecule has 2 aliphatic rings. The van der Waals surface area contributed by atoms with Gasteiger partial charge in [0.05, 0.1) is 11.1 Å². The highest BCUT2D eigenvalue weighted by atomic mass is 35.5. The fourth-order valence-corrected chi connectivity index (χ4v) is 4.61. The van der Waals surface area contributed by atoms with E-state index in [1.807, 2.05) is 50.4 Å². The van der Waals surface area contributed by atoms with Crippen molar-refractivity contribution in [3.8, 4) is 5.75 Å². The Morgan fingerprint density at radius 1 is 1.16 bits per heavy atom. The number of carbonyl (C=O) groups excluding carboxylic acids is 1. The van der Waals surface area contributed by atoms with Crippen molar-refractivity contribution in [2.75, 3.05) is 32.0 Å². The van der Waals surface area contributed by atoms with E-state index in [9.17, 15) is 4.79 Å². The average Bonchev–Trinajstić information content (AvgIpc) is 3.23. The summed E-state index contributed by atoms with van der Waals surface area (Å²) in [7, 11) is 1.84. The number of benzene rings is 2. The van der Waals surface area contributed by atoms with E-state index in [1.165, 1.54) is 18.4 Å². The smallest absolute Gasteiger partial charge is 0.321 e. The van der Waals surface area contributed by atoms with Gasteiger partial charge in [-0.05, 0) is 75.4 Å². The lowest BCUT2D eigenvalue weighted by Crippen LogP contribution is -2.43. The molecule has 31 heavy (non-hydrogen) atoms. The zero-order valence-corrected chi connectivity index (χ0v) is 19.2. The van der Waals surface area contributed by atoms with Crippen molar-refractivity contribution in [1.82, 2.24) is 9.80 Å². The van der Waals surface area contributed by atoms with Gasteiger partial charge < -0.3 is 15.0 Å². The Kier molecular flexibility index (Phi) is 7.03. The summed E-state index contributed by atoms with van der Waals surface area (Å²) in [5.41, 5.74) is 3.14. The molecule has 2 fully saturated rings. The predicted molar refractivity (Wildman–Crippen MR) is 126 cm³/mol. The normalized spacial score (nSPS) is 20.9. The van der Waals surface area contributed by atoms with Gasteiger partial charge in [0.25, 0.3) is 0 Å². The lowest BCUT2D eigenvalue weighted by atomic mass is 9.82. The van der Waals surface area contributed by atoms with E-state index in [0.29, 0.717) is 5.92 Å². The maximum Gasteiger partial charge on any atom is 0.321 e. The molecule has 1 heterocycles. The molecule has 1 saturated heterocycles. The van der Waals surface area contributed by atoms with Gasteiger partial charge in [0.15, 0.2) is 0 Å². The first-order chi connectivity index (χ1) is 15.0. The number of halogens is 1. The minimum Gasteiger partial charge on any atom is -0.489 e. The van der Waals surface area contributed by atoms with Crippen molar-refractivity contribution in [3.63, 3.8) is 0 Å². The third-order valence-electron chi connectivity index (χ3n) is 6.30. The van der Waals surface area contributed by atoms with E-state index in [0.717, 1.165) is 61.0 Å². The maximum absolute atomic E-state index is 12.4. The minimum atomic E-state index is -0.0779. The fourth-order valence-electron chi connectivity index (χ4n) is 4.38. The molecule has 2 aromatic rings. The van der Waals surface area contributed by atoms with Crippen LogP contribution in [0.4, 0.5) is 10.5 Å². The van der Waals surface area contributed by atoms with Gasteiger partial charge in [-0.1, -0.05) is 41.4 Å². The van der Waals surface area contributed by atoms with Crippen molar-refractivity contribution in [2.24, 2.45) is 5.92 Å². The molecule has 0 spiro atoms. The number of urea groups is 1. The number of carbonyl (C=O) groups is 1. The second-order valence-electron chi connectivity index (χ2n) is 8.97. The number of hydrogen-bond donors (Lipinski definition) is 1. The molecule has 0 atom stereocenters. The molecule has 5 nitrogen and oxygen atoms in total. The highest BCUT2D eigenvalue weighted by Gasteiger charge is 2.33. The fraction of sp³-hybridized carbons (Fsp3) is 0.480. The van der Waals surface area contributed by atoms with Crippen LogP contribution < -0.4 is 10.1 Å². The first-order valence-electron chi connectivity index (χ1n) is 11.2. The Balaban J connectivity index is 1.23. The van der Waals surface area contributed by atoms with Crippen molar-refractivity contribution < 1.29 is 9.53 Å². The molecular formula is C25H32ClN3O2. The van der Waals surface area contributed by atoms with Gasteiger partial charge in [-0.2, -0.15) is 0 Å². The Bertz CT molecular complexity index is 890. The van der Waals surface area contributed by atoms with Gasteiger partial charge in [0.1, 0.15) is 5.75 Å². The summed E-state index contributed by atoms with van der Waals surface area (Å²) < 4.78 is 6.20. The zero-order chi connectivity index (χ0) is 21.8. The molecule has 1 aliphatic heterocycles. The maximum atomic E-state index is 12.4. The molecule has 1 aliphatic carbocycles. The van der Waals surface area contributed by atoms with Crippen molar-refractivity contribution in [2.45, 2.75) is 45.3 Å². The molecule has 0 aromatic heterocycles. The lowest BCUT2D eigenvalue weighted by Gasteiger charge is -2.37. The molecule has 1 saturated carbocycles. The first-order valence-corrected chi connectivity index (χ1v) is 11.6. The van der Waals surface area contributed by atoms with E-state index >= 15 is 0 Å². The molecule has 2 amide bonds. The highest BCUT2D eigenvalue weighted by molar-refractivity contribution is 6.32. The summed E-state index contributed by atoms with van der Waals surface area (Å²) in [6, 6.07) is 13.9. The summed E-state index contributed by atoms with van der Waals surface area (Å²) in [6.07, 6.45) is 4.59. The summed E-state index contributed by atoms with van der Waals surface area (Å²) in [6.45, 7) is 5.95. The molecule has 2 aromatic carbocycles. The Morgan fingerprint density at radius 3 is 2.58 bits per heavy atom. The topological polar surface area (TPSA) is 44.8 Å². The summed E-state index contributed by atoms with van der Waals surface area (Å²) >= 11 is 6.65. The van der Waals surface area contributed by atoms with Gasteiger partial charge in [-0.3, -0.25) is 4.90 Å². The van der Waals surface area contributed by atoms with Crippen LogP contribution in [0.25, 0.3) is 0 Å². The Labute approximate surface area is 190 Å². The number of rotatable bonds is 7. The lowest BCUT2D eigenvalue weighted by molar-refractivity contribution is 0.0532. The number of hydrogen-bond acceptors (Lipinski definition) is 3. The Hall–Kier alpha value is -2.24. The zero-order valence-electron chi connectivity index (χ0n) is 18.4. The van der Waals surface area contributed by atoms with Gasteiger partial charge in [0, 0.05) is 25.8 Å². The molecule has 0 radical (unpaired) electrons. The molecule has 0 unspecified atom stereocenters. The Morgan fingerprint density at radius 2 is 1.87 bits per heavy atom. The van der Waals surface area contributed by atoms with Crippen molar-refractivity contribution >= 4 is 23.3 Å². The molecule has 1 N–H and O–H groups in total. The van der Waals surface area contributed by atoms with Crippen LogP contribution in [0.5, 0.6) is 5.75 Å². The number of likely N-dealkylation sites (tertiary alicyclic amines) is 1. The number of nitrogens with zero attached hydrogens (tertiary/aromatic N) is 2. The number of anilines is 1. The van der Waals surface area contributed by atoms with E-state index in [2.05, 4.69) is 16.3 Å². The van der Waals surface area contributed by atoms with Crippen molar-refractivity contribution in [1.29, 1.82) is 0 Å². The summed E-state index contributed by atoms with van der Waals surface area (Å²) in [4.78, 5) is 16.6. The standard InChI is InChI=1S/C25H32ClN3O2/c1-18-8-10-21(11-9-18)27-25(30)28(2)16-19-14-22(15-19)31-23-7-5-6-20(24(23)26)17-29-12-3-4-13-29/h5-11,19,22H,3-4,12-17H2,1-2H3,(H,27,30). The largest absolute Gasteiger partial charge is 0.489 e. The molecule has 6 heteroatoms. The quantitative estimate of drug-likeness (QED) is 0.611. The highest BCUT2D eigenvalue weighted by Crippen LogP contribution is 2.36. The van der Waals surface area contributed by atoms with Crippen LogP contribution in [0.2, 0.25) is 5.02 Å². The van der Waals surface area contributed by atoms with Crippen LogP contribution in [0.1, 0.15) is 36.8 Å². The average molecular weight is 442 g/mol. The second kappa shape index (κ2) is 9.92. The van der Waals surface area contributed by atoms with Crippen LogP contribution >= 0.6 is 11.6 Å². The number of ether oxygens (including phenoxy) is 1. The molecule has 4 rings (SSSR count). The first kappa shape index (κ1) is 22.0. The SMILES string of the molecule is Cc1ccc(NC(=O)N(C)CC2CC(Oc3cccc(CN4CCCC4)c3Cl)C2)cc1. The van der Waals surface area contributed by atoms with Crippen molar-refractivity contribution in [3.05, 3.63) is 58.6 Å². The monoisotopic (exact) mass is 441 g/mol. The van der Waals surface area contributed by atoms with E-state index in [-0.39, 0.29) is 12.1 Å². The van der Waals surface area contributed by atoms with Gasteiger partial charge in [-0.25, -0.2) is 4.79 Å².